The van der Waals surface area contributed by atoms with E-state index in [-0.39, 0.29) is 28.9 Å². The molecule has 19 heavy (non-hydrogen) atoms. The molecule has 3 nitrogen and oxygen atoms in total. The molecule has 0 aromatic rings. The Balaban J connectivity index is 2.20. The summed E-state index contributed by atoms with van der Waals surface area (Å²) in [5.41, 5.74) is -0.0561. The van der Waals surface area contributed by atoms with Crippen LogP contribution in [0, 0.1) is 11.8 Å². The largest absolute Gasteiger partial charge is 0.350 e. The number of piperidine rings is 1. The fourth-order valence-corrected chi connectivity index (χ4v) is 4.32. The normalized spacial score (nSPS) is 40.8. The molecule has 2 aliphatic rings. The highest BCUT2D eigenvalue weighted by Crippen LogP contribution is 2.46. The van der Waals surface area contributed by atoms with Crippen molar-refractivity contribution in [3.05, 3.63) is 0 Å². The van der Waals surface area contributed by atoms with E-state index in [2.05, 4.69) is 31.4 Å². The lowest BCUT2D eigenvalue weighted by molar-refractivity contribution is -0.122. The minimum absolute atomic E-state index is 0.0240. The molecule has 1 saturated carbocycles. The first-order chi connectivity index (χ1) is 8.82. The van der Waals surface area contributed by atoms with Crippen LogP contribution in [0.3, 0.4) is 0 Å². The van der Waals surface area contributed by atoms with Gasteiger partial charge in [0.2, 0.25) is 5.91 Å². The van der Waals surface area contributed by atoms with E-state index >= 15 is 0 Å². The molecule has 0 unspecified atom stereocenters. The molecule has 1 amide bonds. The van der Waals surface area contributed by atoms with Gasteiger partial charge in [-0.1, -0.05) is 0 Å². The minimum atomic E-state index is -0.189. The van der Waals surface area contributed by atoms with Crippen molar-refractivity contribution in [3.8, 4) is 0 Å². The van der Waals surface area contributed by atoms with E-state index in [1.54, 1.807) is 0 Å². The molecular formula is C14H24Cl2N2O. The lowest BCUT2D eigenvalue weighted by atomic mass is 9.59. The van der Waals surface area contributed by atoms with Crippen LogP contribution < -0.4 is 10.6 Å². The summed E-state index contributed by atoms with van der Waals surface area (Å²) < 4.78 is 0. The molecule has 0 aromatic carbocycles. The van der Waals surface area contributed by atoms with Gasteiger partial charge in [0.25, 0.3) is 0 Å². The third-order valence-corrected chi connectivity index (χ3v) is 5.72. The molecule has 2 bridgehead atoms. The Bertz CT molecular complexity index is 361. The summed E-state index contributed by atoms with van der Waals surface area (Å²) in [6, 6.07) is 0.244. The van der Waals surface area contributed by atoms with Gasteiger partial charge in [-0.15, -0.1) is 23.2 Å². The molecule has 0 radical (unpaired) electrons. The number of carbonyl (C=O) groups is 1. The van der Waals surface area contributed by atoms with Crippen molar-refractivity contribution in [2.24, 2.45) is 11.8 Å². The molecule has 110 valence electrons. The molecule has 1 saturated heterocycles. The second kappa shape index (κ2) is 5.42. The predicted molar refractivity (Wildman–Crippen MR) is 79.8 cm³/mol. The first kappa shape index (κ1) is 15.4. The van der Waals surface area contributed by atoms with Gasteiger partial charge in [0.15, 0.2) is 0 Å². The van der Waals surface area contributed by atoms with E-state index in [4.69, 9.17) is 23.2 Å². The number of alkyl halides is 2. The van der Waals surface area contributed by atoms with Crippen LogP contribution in [-0.2, 0) is 4.79 Å². The maximum Gasteiger partial charge on any atom is 0.235 e. The zero-order chi connectivity index (χ0) is 14.3. The summed E-state index contributed by atoms with van der Waals surface area (Å²) >= 11 is 11.8. The molecule has 2 rings (SSSR count). The topological polar surface area (TPSA) is 41.1 Å². The van der Waals surface area contributed by atoms with Gasteiger partial charge in [-0.3, -0.25) is 4.79 Å². The first-order valence-electron chi connectivity index (χ1n) is 7.03. The second-order valence-electron chi connectivity index (χ2n) is 6.80. The lowest BCUT2D eigenvalue weighted by Gasteiger charge is -2.57. The van der Waals surface area contributed by atoms with Crippen LogP contribution in [-0.4, -0.2) is 34.8 Å². The first-order valence-corrected chi connectivity index (χ1v) is 8.10. The van der Waals surface area contributed by atoms with E-state index < -0.39 is 0 Å². The van der Waals surface area contributed by atoms with Gasteiger partial charge in [-0.2, -0.15) is 0 Å². The van der Waals surface area contributed by atoms with Crippen LogP contribution in [0.15, 0.2) is 0 Å². The maximum absolute atomic E-state index is 11.7. The number of halogens is 2. The van der Waals surface area contributed by atoms with E-state index in [0.717, 1.165) is 19.3 Å². The molecule has 4 atom stereocenters. The number of hydrogen-bond acceptors (Lipinski definition) is 2. The number of rotatable bonds is 3. The van der Waals surface area contributed by atoms with Gasteiger partial charge < -0.3 is 10.6 Å². The monoisotopic (exact) mass is 306 g/mol. The highest BCUT2D eigenvalue weighted by atomic mass is 35.5. The van der Waals surface area contributed by atoms with Crippen LogP contribution in [0.5, 0.6) is 0 Å². The van der Waals surface area contributed by atoms with E-state index in [1.807, 2.05) is 0 Å². The highest BCUT2D eigenvalue weighted by Gasteiger charge is 2.52. The Morgan fingerprint density at radius 1 is 1.37 bits per heavy atom. The van der Waals surface area contributed by atoms with Crippen LogP contribution in [0.1, 0.15) is 40.0 Å². The fourth-order valence-electron chi connectivity index (χ4n) is 3.96. The molecule has 1 aliphatic heterocycles. The quantitative estimate of drug-likeness (QED) is 0.787. The standard InChI is InChI=1S/C14H24Cl2N2O/c1-13(2)9-4-5-14(3,18-12(19)8-16)10(6-9)11(7-15)17-13/h9-11,17H,4-8H2,1-3H3,(H,18,19)/t9-,10+,11+,14-/m0/s1. The molecule has 1 aliphatic carbocycles. The average molecular weight is 307 g/mol. The number of amides is 1. The average Bonchev–Trinajstić information content (AvgIpc) is 2.35. The SMILES string of the molecule is CC1(C)N[C@H](CCl)[C@H]2C[C@@H]1CC[C@]2(C)NC(=O)CCl. The zero-order valence-corrected chi connectivity index (χ0v) is 13.4. The van der Waals surface area contributed by atoms with Crippen molar-refractivity contribution in [2.45, 2.75) is 57.2 Å². The molecule has 2 fully saturated rings. The van der Waals surface area contributed by atoms with Crippen molar-refractivity contribution in [1.82, 2.24) is 10.6 Å². The molecular weight excluding hydrogens is 283 g/mol. The lowest BCUT2D eigenvalue weighted by Crippen LogP contribution is -2.69. The van der Waals surface area contributed by atoms with Crippen LogP contribution in [0.4, 0.5) is 0 Å². The van der Waals surface area contributed by atoms with Gasteiger partial charge in [0.1, 0.15) is 5.88 Å². The van der Waals surface area contributed by atoms with E-state index in [1.165, 1.54) is 0 Å². The zero-order valence-electron chi connectivity index (χ0n) is 11.9. The summed E-state index contributed by atoms with van der Waals surface area (Å²) in [7, 11) is 0. The number of hydrogen-bond donors (Lipinski definition) is 2. The molecule has 5 heteroatoms. The Morgan fingerprint density at radius 2 is 2.05 bits per heavy atom. The molecule has 1 heterocycles. The molecule has 0 spiro atoms. The van der Waals surface area contributed by atoms with E-state index in [9.17, 15) is 4.79 Å². The van der Waals surface area contributed by atoms with Gasteiger partial charge in [-0.05, 0) is 51.9 Å². The second-order valence-corrected chi connectivity index (χ2v) is 7.38. The van der Waals surface area contributed by atoms with Crippen molar-refractivity contribution < 1.29 is 4.79 Å². The molecule has 2 N–H and O–H groups in total. The van der Waals surface area contributed by atoms with Crippen LogP contribution in [0.25, 0.3) is 0 Å². The minimum Gasteiger partial charge on any atom is -0.350 e. The number of nitrogens with one attached hydrogen (secondary N) is 2. The number of carbonyl (C=O) groups excluding carboxylic acids is 1. The Kier molecular flexibility index (Phi) is 4.39. The van der Waals surface area contributed by atoms with Crippen molar-refractivity contribution in [3.63, 3.8) is 0 Å². The summed E-state index contributed by atoms with van der Waals surface area (Å²) in [5, 5.41) is 6.80. The van der Waals surface area contributed by atoms with Crippen LogP contribution in [0.2, 0.25) is 0 Å². The van der Waals surface area contributed by atoms with E-state index in [0.29, 0.717) is 17.7 Å². The Labute approximate surface area is 125 Å². The summed E-state index contributed by atoms with van der Waals surface area (Å²) in [6.07, 6.45) is 3.25. The maximum atomic E-state index is 11.7. The highest BCUT2D eigenvalue weighted by molar-refractivity contribution is 6.27. The van der Waals surface area contributed by atoms with Crippen molar-refractivity contribution in [1.29, 1.82) is 0 Å². The third-order valence-electron chi connectivity index (χ3n) is 5.15. The smallest absolute Gasteiger partial charge is 0.235 e. The summed E-state index contributed by atoms with van der Waals surface area (Å²) in [6.45, 7) is 6.65. The Morgan fingerprint density at radius 3 is 2.63 bits per heavy atom. The number of fused-ring (bicyclic) bond motifs is 2. The van der Waals surface area contributed by atoms with Gasteiger partial charge in [0.05, 0.1) is 0 Å². The van der Waals surface area contributed by atoms with Gasteiger partial charge in [-0.25, -0.2) is 0 Å². The molecule has 0 aromatic heterocycles. The third kappa shape index (κ3) is 2.88. The van der Waals surface area contributed by atoms with Crippen molar-refractivity contribution in [2.75, 3.05) is 11.8 Å². The fraction of sp³-hybridized carbons (Fsp3) is 0.929. The summed E-state index contributed by atoms with van der Waals surface area (Å²) in [4.78, 5) is 11.7. The summed E-state index contributed by atoms with van der Waals surface area (Å²) in [5.74, 6) is 1.55. The van der Waals surface area contributed by atoms with Crippen molar-refractivity contribution >= 4 is 29.1 Å². The van der Waals surface area contributed by atoms with Gasteiger partial charge >= 0.3 is 0 Å². The van der Waals surface area contributed by atoms with Crippen LogP contribution >= 0.6 is 23.2 Å². The Hall–Kier alpha value is 0.01000. The predicted octanol–water partition coefficient (Wildman–Crippen LogP) is 2.51. The van der Waals surface area contributed by atoms with Gasteiger partial charge in [0, 0.05) is 23.0 Å².